The van der Waals surface area contributed by atoms with Crippen LogP contribution in [-0.2, 0) is 17.6 Å². The predicted octanol–water partition coefficient (Wildman–Crippen LogP) is 7.95. The van der Waals surface area contributed by atoms with Crippen molar-refractivity contribution in [2.45, 2.75) is 59.3 Å². The van der Waals surface area contributed by atoms with E-state index in [9.17, 15) is 4.79 Å². The molecular formula is C32H39NO. The van der Waals surface area contributed by atoms with Crippen LogP contribution in [0.4, 0.5) is 0 Å². The van der Waals surface area contributed by atoms with Crippen LogP contribution >= 0.6 is 0 Å². The number of amides is 1. The Labute approximate surface area is 206 Å². The Kier molecular flexibility index (Phi) is 9.27. The largest absolute Gasteiger partial charge is 0.342 e. The van der Waals surface area contributed by atoms with Crippen LogP contribution in [0.25, 0.3) is 22.3 Å². The van der Waals surface area contributed by atoms with Gasteiger partial charge in [-0.2, -0.15) is 0 Å². The smallest absolute Gasteiger partial charge is 0.245 e. The highest BCUT2D eigenvalue weighted by Gasteiger charge is 2.09. The number of unbranched alkanes of at least 4 members (excludes halogenated alkanes) is 2. The van der Waals surface area contributed by atoms with E-state index in [1.165, 1.54) is 76.3 Å². The average Bonchev–Trinajstić information content (AvgIpc) is 2.85. The minimum Gasteiger partial charge on any atom is -0.342 e. The molecule has 3 aromatic carbocycles. The molecule has 0 atom stereocenters. The normalized spacial score (nSPS) is 10.8. The lowest BCUT2D eigenvalue weighted by molar-refractivity contribution is -0.124. The summed E-state index contributed by atoms with van der Waals surface area (Å²) >= 11 is 0. The average molecular weight is 454 g/mol. The lowest BCUT2D eigenvalue weighted by Crippen LogP contribution is -2.25. The van der Waals surface area contributed by atoms with Crippen LogP contribution in [0.1, 0.15) is 54.9 Å². The topological polar surface area (TPSA) is 20.3 Å². The molecule has 0 aromatic heterocycles. The van der Waals surface area contributed by atoms with Gasteiger partial charge in [-0.15, -0.1) is 0 Å². The lowest BCUT2D eigenvalue weighted by Gasteiger charge is -2.16. The fraction of sp³-hybridized carbons (Fsp3) is 0.344. The maximum absolute atomic E-state index is 11.6. The van der Waals surface area contributed by atoms with Crippen molar-refractivity contribution < 1.29 is 4.79 Å². The molecule has 0 saturated heterocycles. The molecule has 0 radical (unpaired) electrons. The number of likely N-dealkylation sites (N-methyl/N-ethyl adjacent to an activating group) is 1. The van der Waals surface area contributed by atoms with Crippen LogP contribution < -0.4 is 0 Å². The predicted molar refractivity (Wildman–Crippen MR) is 146 cm³/mol. The number of aryl methyl sites for hydroxylation is 4. The fourth-order valence-electron chi connectivity index (χ4n) is 4.53. The molecule has 2 heteroatoms. The van der Waals surface area contributed by atoms with Crippen molar-refractivity contribution in [2.24, 2.45) is 0 Å². The van der Waals surface area contributed by atoms with E-state index in [1.807, 2.05) is 7.05 Å². The highest BCUT2D eigenvalue weighted by Crippen LogP contribution is 2.30. The Bertz CT molecular complexity index is 1110. The monoisotopic (exact) mass is 453 g/mol. The van der Waals surface area contributed by atoms with Crippen molar-refractivity contribution in [3.05, 3.63) is 95.6 Å². The van der Waals surface area contributed by atoms with E-state index in [0.29, 0.717) is 0 Å². The molecule has 0 aliphatic rings. The van der Waals surface area contributed by atoms with Gasteiger partial charge in [-0.25, -0.2) is 0 Å². The van der Waals surface area contributed by atoms with E-state index in [-0.39, 0.29) is 5.91 Å². The molecule has 178 valence electrons. The molecule has 3 rings (SSSR count). The van der Waals surface area contributed by atoms with Gasteiger partial charge in [0, 0.05) is 13.6 Å². The molecule has 0 fully saturated rings. The molecule has 3 aromatic rings. The molecule has 0 aliphatic carbocycles. The molecule has 1 amide bonds. The molecule has 0 aliphatic heterocycles. The van der Waals surface area contributed by atoms with Gasteiger partial charge in [0.2, 0.25) is 5.91 Å². The Hall–Kier alpha value is -3.13. The summed E-state index contributed by atoms with van der Waals surface area (Å²) in [7, 11) is 1.83. The first kappa shape index (κ1) is 25.5. The summed E-state index contributed by atoms with van der Waals surface area (Å²) in [6.07, 6.45) is 8.30. The molecule has 0 N–H and O–H groups in total. The first-order valence-corrected chi connectivity index (χ1v) is 12.6. The SMILES string of the molecule is C=CC(=O)N(C)CCCc1ccc(-c2ccc(-c3ccc(CCCCC)cc3)cc2C)cc1C. The van der Waals surface area contributed by atoms with Gasteiger partial charge < -0.3 is 4.90 Å². The van der Waals surface area contributed by atoms with E-state index >= 15 is 0 Å². The van der Waals surface area contributed by atoms with Gasteiger partial charge in [0.1, 0.15) is 0 Å². The van der Waals surface area contributed by atoms with E-state index in [1.54, 1.807) is 4.90 Å². The Morgan fingerprint density at radius 2 is 1.50 bits per heavy atom. The molecule has 0 bridgehead atoms. The highest BCUT2D eigenvalue weighted by molar-refractivity contribution is 5.86. The maximum atomic E-state index is 11.6. The second kappa shape index (κ2) is 12.4. The molecular weight excluding hydrogens is 414 g/mol. The van der Waals surface area contributed by atoms with E-state index < -0.39 is 0 Å². The number of hydrogen-bond donors (Lipinski definition) is 0. The van der Waals surface area contributed by atoms with Gasteiger partial charge in [0.25, 0.3) is 0 Å². The maximum Gasteiger partial charge on any atom is 0.245 e. The summed E-state index contributed by atoms with van der Waals surface area (Å²) in [6, 6.07) is 22.6. The van der Waals surface area contributed by atoms with Crippen molar-refractivity contribution >= 4 is 5.91 Å². The first-order valence-electron chi connectivity index (χ1n) is 12.6. The summed E-state index contributed by atoms with van der Waals surface area (Å²) in [4.78, 5) is 13.4. The first-order chi connectivity index (χ1) is 16.4. The van der Waals surface area contributed by atoms with E-state index in [4.69, 9.17) is 0 Å². The second-order valence-electron chi connectivity index (χ2n) is 9.39. The van der Waals surface area contributed by atoms with Gasteiger partial charge in [0.15, 0.2) is 0 Å². The van der Waals surface area contributed by atoms with Gasteiger partial charge >= 0.3 is 0 Å². The van der Waals surface area contributed by atoms with Gasteiger partial charge in [-0.3, -0.25) is 4.79 Å². The molecule has 0 heterocycles. The van der Waals surface area contributed by atoms with Gasteiger partial charge in [-0.05, 0) is 90.1 Å². The zero-order valence-electron chi connectivity index (χ0n) is 21.4. The Morgan fingerprint density at radius 3 is 2.15 bits per heavy atom. The van der Waals surface area contributed by atoms with Crippen molar-refractivity contribution in [1.82, 2.24) is 4.90 Å². The second-order valence-corrected chi connectivity index (χ2v) is 9.39. The van der Waals surface area contributed by atoms with Crippen LogP contribution in [0, 0.1) is 13.8 Å². The summed E-state index contributed by atoms with van der Waals surface area (Å²) in [6.45, 7) is 10.9. The standard InChI is InChI=1S/C32H39NO/c1-6-8-9-11-26-13-15-28(16-14-26)29-19-20-31(25(4)23-29)30-18-17-27(24(3)22-30)12-10-21-33(5)32(34)7-2/h7,13-20,22-23H,2,6,8-12,21H2,1,3-5H3. The summed E-state index contributed by atoms with van der Waals surface area (Å²) in [5.74, 6) is -0.0195. The van der Waals surface area contributed by atoms with Crippen LogP contribution in [-0.4, -0.2) is 24.4 Å². The number of benzene rings is 3. The number of nitrogens with zero attached hydrogens (tertiary/aromatic N) is 1. The van der Waals surface area contributed by atoms with E-state index in [0.717, 1.165) is 19.4 Å². The minimum atomic E-state index is -0.0195. The van der Waals surface area contributed by atoms with Crippen molar-refractivity contribution in [3.63, 3.8) is 0 Å². The quantitative estimate of drug-likeness (QED) is 0.213. The molecule has 0 saturated carbocycles. The molecule has 34 heavy (non-hydrogen) atoms. The third-order valence-electron chi connectivity index (χ3n) is 6.73. The van der Waals surface area contributed by atoms with Crippen molar-refractivity contribution in [2.75, 3.05) is 13.6 Å². The lowest BCUT2D eigenvalue weighted by atomic mass is 9.92. The molecule has 0 unspecified atom stereocenters. The zero-order valence-corrected chi connectivity index (χ0v) is 21.4. The third kappa shape index (κ3) is 6.70. The summed E-state index contributed by atoms with van der Waals surface area (Å²) in [5, 5.41) is 0. The van der Waals surface area contributed by atoms with Crippen molar-refractivity contribution in [1.29, 1.82) is 0 Å². The number of hydrogen-bond acceptors (Lipinski definition) is 1. The Morgan fingerprint density at radius 1 is 0.824 bits per heavy atom. The van der Waals surface area contributed by atoms with Gasteiger partial charge in [0.05, 0.1) is 0 Å². The number of carbonyl (C=O) groups is 1. The fourth-order valence-corrected chi connectivity index (χ4v) is 4.53. The number of carbonyl (C=O) groups excluding carboxylic acids is 1. The minimum absolute atomic E-state index is 0.0195. The summed E-state index contributed by atoms with van der Waals surface area (Å²) in [5.41, 5.74) is 10.5. The van der Waals surface area contributed by atoms with E-state index in [2.05, 4.69) is 88.0 Å². The van der Waals surface area contributed by atoms with Crippen LogP contribution in [0.2, 0.25) is 0 Å². The van der Waals surface area contributed by atoms with Crippen LogP contribution in [0.15, 0.2) is 73.3 Å². The van der Waals surface area contributed by atoms with Crippen molar-refractivity contribution in [3.8, 4) is 22.3 Å². The van der Waals surface area contributed by atoms with Crippen LogP contribution in [0.5, 0.6) is 0 Å². The third-order valence-corrected chi connectivity index (χ3v) is 6.73. The van der Waals surface area contributed by atoms with Crippen LogP contribution in [0.3, 0.4) is 0 Å². The molecule has 2 nitrogen and oxygen atoms in total. The van der Waals surface area contributed by atoms with Gasteiger partial charge in [-0.1, -0.05) is 87.0 Å². The summed E-state index contributed by atoms with van der Waals surface area (Å²) < 4.78 is 0. The zero-order chi connectivity index (χ0) is 24.5. The number of rotatable bonds is 11. The highest BCUT2D eigenvalue weighted by atomic mass is 16.2. The Balaban J connectivity index is 1.68. The molecule has 0 spiro atoms.